The molecule has 0 spiro atoms. The molecule has 1 aromatic heterocycles. The molecule has 1 aliphatic heterocycles. The van der Waals surface area contributed by atoms with Gasteiger partial charge in [-0.05, 0) is 37.7 Å². The number of carbonyl (C=O) groups is 2. The molecule has 2 aliphatic rings. The summed E-state index contributed by atoms with van der Waals surface area (Å²) in [4.78, 5) is 26.7. The number of likely N-dealkylation sites (tertiary alicyclic amines) is 1. The average molecular weight is 358 g/mol. The van der Waals surface area contributed by atoms with Crippen LogP contribution in [0.2, 0.25) is 0 Å². The number of nitrogens with zero attached hydrogens (tertiary/aromatic N) is 3. The van der Waals surface area contributed by atoms with Gasteiger partial charge in [0, 0.05) is 25.5 Å². The van der Waals surface area contributed by atoms with Crippen LogP contribution in [0.25, 0.3) is 10.9 Å². The Hall–Kier alpha value is -2.44. The number of halogens is 1. The molecule has 138 valence electrons. The van der Waals surface area contributed by atoms with Gasteiger partial charge in [-0.1, -0.05) is 18.2 Å². The number of hydrogen-bond acceptors (Lipinski definition) is 3. The van der Waals surface area contributed by atoms with Crippen LogP contribution in [0.15, 0.2) is 24.3 Å². The number of hydrogen-bond donors (Lipinski definition) is 1. The lowest BCUT2D eigenvalue weighted by Crippen LogP contribution is -2.56. The lowest BCUT2D eigenvalue weighted by atomic mass is 9.93. The van der Waals surface area contributed by atoms with Gasteiger partial charge in [0.15, 0.2) is 5.69 Å². The molecule has 1 atom stereocenters. The van der Waals surface area contributed by atoms with E-state index in [1.54, 1.807) is 11.7 Å². The summed E-state index contributed by atoms with van der Waals surface area (Å²) >= 11 is 0. The molecule has 1 N–H and O–H groups in total. The smallest absolute Gasteiger partial charge is 0.275 e. The third-order valence-corrected chi connectivity index (χ3v) is 5.35. The van der Waals surface area contributed by atoms with Gasteiger partial charge in [0.2, 0.25) is 5.67 Å². The molecule has 2 aromatic rings. The van der Waals surface area contributed by atoms with Crippen LogP contribution in [-0.4, -0.2) is 51.8 Å². The fraction of sp³-hybridized carbons (Fsp3) is 0.526. The van der Waals surface area contributed by atoms with Gasteiger partial charge in [0.25, 0.3) is 11.8 Å². The minimum Gasteiger partial charge on any atom is -0.353 e. The molecule has 2 heterocycles. The first-order valence-corrected chi connectivity index (χ1v) is 9.16. The number of amides is 2. The summed E-state index contributed by atoms with van der Waals surface area (Å²) in [6, 6.07) is 7.46. The maximum atomic E-state index is 15.3. The van der Waals surface area contributed by atoms with Crippen molar-refractivity contribution in [2.75, 3.05) is 19.6 Å². The van der Waals surface area contributed by atoms with Gasteiger partial charge in [-0.25, -0.2) is 4.39 Å². The number of rotatable bonds is 4. The normalized spacial score (nSPS) is 23.2. The van der Waals surface area contributed by atoms with Crippen LogP contribution in [0, 0.1) is 5.92 Å². The van der Waals surface area contributed by atoms with Crippen molar-refractivity contribution in [1.82, 2.24) is 20.0 Å². The highest BCUT2D eigenvalue weighted by molar-refractivity contribution is 6.05. The fourth-order valence-corrected chi connectivity index (χ4v) is 3.61. The second-order valence-corrected chi connectivity index (χ2v) is 7.44. The standard InChI is InChI=1S/C19H23FN4O2/c1-23-15-6-3-2-5-14(15)16(22-23)17(25)24-10-4-9-19(20,12-24)18(26)21-11-13-7-8-13/h2-3,5-6,13H,4,7-12H2,1H3,(H,21,26). The Bertz CT molecular complexity index is 860. The highest BCUT2D eigenvalue weighted by Crippen LogP contribution is 2.30. The minimum atomic E-state index is -2.02. The van der Waals surface area contributed by atoms with Gasteiger partial charge in [-0.15, -0.1) is 0 Å². The van der Waals surface area contributed by atoms with Crippen LogP contribution < -0.4 is 5.32 Å². The average Bonchev–Trinajstić information content (AvgIpc) is 3.42. The van der Waals surface area contributed by atoms with Crippen LogP contribution in [0.5, 0.6) is 0 Å². The van der Waals surface area contributed by atoms with Crippen LogP contribution in [0.3, 0.4) is 0 Å². The van der Waals surface area contributed by atoms with E-state index in [1.807, 2.05) is 24.3 Å². The summed E-state index contributed by atoms with van der Waals surface area (Å²) in [5.41, 5.74) is -0.861. The van der Waals surface area contributed by atoms with E-state index >= 15 is 4.39 Å². The number of aromatic nitrogens is 2. The van der Waals surface area contributed by atoms with Gasteiger partial charge in [0.05, 0.1) is 12.1 Å². The molecular weight excluding hydrogens is 335 g/mol. The summed E-state index contributed by atoms with van der Waals surface area (Å²) in [6.07, 6.45) is 2.80. The Morgan fingerprint density at radius 1 is 1.35 bits per heavy atom. The van der Waals surface area contributed by atoms with E-state index in [1.165, 1.54) is 4.90 Å². The SMILES string of the molecule is Cn1nc(C(=O)N2CCCC(F)(C(=O)NCC3CC3)C2)c2ccccc21. The predicted molar refractivity (Wildman–Crippen MR) is 95.4 cm³/mol. The quantitative estimate of drug-likeness (QED) is 0.910. The summed E-state index contributed by atoms with van der Waals surface area (Å²) < 4.78 is 16.9. The number of para-hydroxylation sites is 1. The maximum Gasteiger partial charge on any atom is 0.275 e. The Balaban J connectivity index is 1.53. The van der Waals surface area contributed by atoms with Crippen molar-refractivity contribution < 1.29 is 14.0 Å². The van der Waals surface area contributed by atoms with E-state index in [4.69, 9.17) is 0 Å². The number of piperidine rings is 1. The molecule has 1 saturated heterocycles. The van der Waals surface area contributed by atoms with E-state index in [2.05, 4.69) is 10.4 Å². The Morgan fingerprint density at radius 3 is 2.88 bits per heavy atom. The molecule has 7 heteroatoms. The minimum absolute atomic E-state index is 0.149. The number of benzene rings is 1. The number of nitrogens with one attached hydrogen (secondary N) is 1. The van der Waals surface area contributed by atoms with Crippen molar-refractivity contribution in [2.45, 2.75) is 31.4 Å². The Morgan fingerprint density at radius 2 is 2.12 bits per heavy atom. The summed E-state index contributed by atoms with van der Waals surface area (Å²) in [7, 11) is 1.78. The first kappa shape index (κ1) is 17.0. The molecule has 6 nitrogen and oxygen atoms in total. The van der Waals surface area contributed by atoms with Gasteiger partial charge in [-0.2, -0.15) is 5.10 Å². The fourth-order valence-electron chi connectivity index (χ4n) is 3.61. The summed E-state index contributed by atoms with van der Waals surface area (Å²) in [5, 5.41) is 7.79. The highest BCUT2D eigenvalue weighted by atomic mass is 19.1. The second-order valence-electron chi connectivity index (χ2n) is 7.44. The van der Waals surface area contributed by atoms with Crippen molar-refractivity contribution in [2.24, 2.45) is 13.0 Å². The zero-order chi connectivity index (χ0) is 18.3. The molecule has 4 rings (SSSR count). The van der Waals surface area contributed by atoms with E-state index < -0.39 is 11.6 Å². The van der Waals surface area contributed by atoms with Gasteiger partial charge in [-0.3, -0.25) is 14.3 Å². The number of fused-ring (bicyclic) bond motifs is 1. The Kier molecular flexibility index (Phi) is 4.17. The largest absolute Gasteiger partial charge is 0.353 e. The predicted octanol–water partition coefficient (Wildman–Crippen LogP) is 2.04. The van der Waals surface area contributed by atoms with Crippen molar-refractivity contribution >= 4 is 22.7 Å². The molecule has 2 amide bonds. The molecular formula is C19H23FN4O2. The molecule has 0 bridgehead atoms. The van der Waals surface area contributed by atoms with Gasteiger partial charge >= 0.3 is 0 Å². The molecule has 1 saturated carbocycles. The second kappa shape index (κ2) is 6.37. The molecule has 2 fully saturated rings. The highest BCUT2D eigenvalue weighted by Gasteiger charge is 2.44. The van der Waals surface area contributed by atoms with Crippen molar-refractivity contribution in [3.05, 3.63) is 30.0 Å². The van der Waals surface area contributed by atoms with Crippen molar-refractivity contribution in [3.8, 4) is 0 Å². The molecule has 1 aromatic carbocycles. The van der Waals surface area contributed by atoms with Gasteiger partial charge < -0.3 is 10.2 Å². The van der Waals surface area contributed by atoms with Crippen LogP contribution in [-0.2, 0) is 11.8 Å². The third-order valence-electron chi connectivity index (χ3n) is 5.35. The van der Waals surface area contributed by atoms with Crippen LogP contribution in [0.1, 0.15) is 36.2 Å². The molecule has 1 unspecified atom stereocenters. The molecule has 0 radical (unpaired) electrons. The van der Waals surface area contributed by atoms with Crippen LogP contribution in [0.4, 0.5) is 4.39 Å². The first-order valence-electron chi connectivity index (χ1n) is 9.16. The first-order chi connectivity index (χ1) is 12.5. The van der Waals surface area contributed by atoms with Gasteiger partial charge in [0.1, 0.15) is 0 Å². The molecule has 26 heavy (non-hydrogen) atoms. The lowest BCUT2D eigenvalue weighted by Gasteiger charge is -2.36. The number of carbonyl (C=O) groups excluding carboxylic acids is 2. The van der Waals surface area contributed by atoms with Crippen molar-refractivity contribution in [3.63, 3.8) is 0 Å². The van der Waals surface area contributed by atoms with E-state index in [9.17, 15) is 9.59 Å². The van der Waals surface area contributed by atoms with E-state index in [0.717, 1.165) is 23.7 Å². The van der Waals surface area contributed by atoms with Crippen LogP contribution >= 0.6 is 0 Å². The maximum absolute atomic E-state index is 15.3. The Labute approximate surface area is 151 Å². The van der Waals surface area contributed by atoms with E-state index in [0.29, 0.717) is 31.1 Å². The lowest BCUT2D eigenvalue weighted by molar-refractivity contribution is -0.135. The zero-order valence-electron chi connectivity index (χ0n) is 14.9. The van der Waals surface area contributed by atoms with Crippen molar-refractivity contribution in [1.29, 1.82) is 0 Å². The third kappa shape index (κ3) is 3.06. The zero-order valence-corrected chi connectivity index (χ0v) is 14.9. The molecule has 1 aliphatic carbocycles. The van der Waals surface area contributed by atoms with E-state index in [-0.39, 0.29) is 18.9 Å². The topological polar surface area (TPSA) is 67.2 Å². The summed E-state index contributed by atoms with van der Waals surface area (Å²) in [6.45, 7) is 0.752. The monoisotopic (exact) mass is 358 g/mol. The number of aryl methyl sites for hydroxylation is 1. The summed E-state index contributed by atoms with van der Waals surface area (Å²) in [5.74, 6) is -0.421. The number of alkyl halides is 1.